The molecule has 0 aliphatic carbocycles. The van der Waals surface area contributed by atoms with E-state index in [-0.39, 0.29) is 11.3 Å². The third kappa shape index (κ3) is 6.32. The van der Waals surface area contributed by atoms with E-state index in [0.717, 1.165) is 24.3 Å². The molecule has 0 atom stereocenters. The Bertz CT molecular complexity index is 2090. The van der Waals surface area contributed by atoms with Crippen LogP contribution in [0.1, 0.15) is 10.4 Å². The zero-order chi connectivity index (χ0) is 30.3. The van der Waals surface area contributed by atoms with E-state index in [4.69, 9.17) is 5.73 Å². The van der Waals surface area contributed by atoms with Crippen molar-refractivity contribution in [2.45, 2.75) is 14.7 Å². The van der Waals surface area contributed by atoms with Crippen molar-refractivity contribution in [2.75, 3.05) is 11.1 Å². The van der Waals surface area contributed by atoms with Crippen LogP contribution < -0.4 is 11.1 Å². The molecular formula is C23H18N4O11S3. The van der Waals surface area contributed by atoms with Gasteiger partial charge in [-0.2, -0.15) is 25.3 Å². The normalized spacial score (nSPS) is 12.6. The summed E-state index contributed by atoms with van der Waals surface area (Å²) >= 11 is 0. The van der Waals surface area contributed by atoms with Crippen LogP contribution in [0.5, 0.6) is 5.75 Å². The lowest BCUT2D eigenvalue weighted by Gasteiger charge is -2.15. The predicted octanol–water partition coefficient (Wildman–Crippen LogP) is 3.54. The molecule has 0 aliphatic rings. The number of fused-ring (bicyclic) bond motifs is 1. The van der Waals surface area contributed by atoms with Crippen molar-refractivity contribution >= 4 is 69.8 Å². The van der Waals surface area contributed by atoms with E-state index in [1.807, 2.05) is 0 Å². The summed E-state index contributed by atoms with van der Waals surface area (Å²) in [7, 11) is -15.0. The van der Waals surface area contributed by atoms with E-state index in [1.165, 1.54) is 36.4 Å². The van der Waals surface area contributed by atoms with Crippen LogP contribution in [-0.4, -0.2) is 49.9 Å². The lowest BCUT2D eigenvalue weighted by atomic mass is 10.1. The predicted molar refractivity (Wildman–Crippen MR) is 144 cm³/mol. The average Bonchev–Trinajstić information content (AvgIpc) is 2.86. The quantitative estimate of drug-likeness (QED) is 0.0982. The van der Waals surface area contributed by atoms with Crippen LogP contribution in [0.15, 0.2) is 91.6 Å². The molecule has 18 heteroatoms. The molecule has 4 aromatic rings. The molecule has 4 rings (SSSR count). The summed E-state index contributed by atoms with van der Waals surface area (Å²) in [5, 5.41) is 19.9. The molecule has 0 fully saturated rings. The Morgan fingerprint density at radius 3 is 2.02 bits per heavy atom. The van der Waals surface area contributed by atoms with Gasteiger partial charge in [-0.1, -0.05) is 18.2 Å². The molecule has 41 heavy (non-hydrogen) atoms. The molecule has 0 spiro atoms. The van der Waals surface area contributed by atoms with Crippen LogP contribution in [0.2, 0.25) is 0 Å². The minimum absolute atomic E-state index is 0.00573. The standard InChI is InChI=1S/C23H18N4O11S3/c24-14-5-3-4-12(8-14)23(29)25-17-11-15(39(30,31)32)9-13-10-19(41(36,37)38)21(22(28)20(13)17)27-26-16-6-1-2-7-18(16)40(33,34)35/h1-11,28H,24H2,(H,25,29)(H,30,31,32)(H,33,34,35)(H,36,37,38). The summed E-state index contributed by atoms with van der Waals surface area (Å²) in [6.07, 6.45) is 0. The van der Waals surface area contributed by atoms with Gasteiger partial charge in [0.25, 0.3) is 36.3 Å². The van der Waals surface area contributed by atoms with Crippen LogP contribution in [0.4, 0.5) is 22.7 Å². The molecular weight excluding hydrogens is 604 g/mol. The van der Waals surface area contributed by atoms with Gasteiger partial charge in [0.1, 0.15) is 21.2 Å². The minimum Gasteiger partial charge on any atom is -0.505 e. The maximum atomic E-state index is 12.9. The number of phenolic OH excluding ortho intramolecular Hbond substituents is 1. The molecule has 0 aliphatic heterocycles. The summed E-state index contributed by atoms with van der Waals surface area (Å²) in [6.45, 7) is 0. The van der Waals surface area contributed by atoms with Gasteiger partial charge in [0.2, 0.25) is 0 Å². The molecule has 7 N–H and O–H groups in total. The maximum Gasteiger partial charge on any atom is 0.296 e. The van der Waals surface area contributed by atoms with Gasteiger partial charge < -0.3 is 16.2 Å². The number of nitrogen functional groups attached to an aromatic ring is 1. The molecule has 0 aromatic heterocycles. The van der Waals surface area contributed by atoms with Gasteiger partial charge in [0, 0.05) is 16.6 Å². The third-order valence-electron chi connectivity index (χ3n) is 5.50. The maximum absolute atomic E-state index is 12.9. The van der Waals surface area contributed by atoms with Crippen LogP contribution in [0.25, 0.3) is 10.8 Å². The number of carbonyl (C=O) groups excluding carboxylic acids is 1. The summed E-state index contributed by atoms with van der Waals surface area (Å²) < 4.78 is 101. The molecule has 0 radical (unpaired) electrons. The van der Waals surface area contributed by atoms with E-state index in [2.05, 4.69) is 15.5 Å². The topological polar surface area (TPSA) is 263 Å². The second kappa shape index (κ2) is 10.5. The Labute approximate surface area is 232 Å². The van der Waals surface area contributed by atoms with E-state index >= 15 is 0 Å². The number of hydrogen-bond donors (Lipinski definition) is 6. The lowest BCUT2D eigenvalue weighted by Crippen LogP contribution is -2.13. The van der Waals surface area contributed by atoms with E-state index in [1.54, 1.807) is 0 Å². The zero-order valence-corrected chi connectivity index (χ0v) is 22.6. The van der Waals surface area contributed by atoms with Crippen molar-refractivity contribution in [1.82, 2.24) is 0 Å². The van der Waals surface area contributed by atoms with Crippen molar-refractivity contribution < 1.29 is 48.8 Å². The van der Waals surface area contributed by atoms with Crippen molar-refractivity contribution in [3.05, 3.63) is 72.3 Å². The molecule has 4 aromatic carbocycles. The van der Waals surface area contributed by atoms with E-state index in [9.17, 15) is 48.8 Å². The minimum atomic E-state index is -5.22. The SMILES string of the molecule is Nc1cccc(C(=O)Nc2cc(S(=O)(=O)O)cc3cc(S(=O)(=O)O)c(N=Nc4ccccc4S(=O)(=O)O)c(O)c23)c1. The van der Waals surface area contributed by atoms with Crippen molar-refractivity contribution in [3.63, 3.8) is 0 Å². The Morgan fingerprint density at radius 1 is 0.756 bits per heavy atom. The highest BCUT2D eigenvalue weighted by Gasteiger charge is 2.26. The van der Waals surface area contributed by atoms with Gasteiger partial charge >= 0.3 is 0 Å². The summed E-state index contributed by atoms with van der Waals surface area (Å²) in [5.41, 5.74) is 4.04. The summed E-state index contributed by atoms with van der Waals surface area (Å²) in [6, 6.07) is 12.4. The van der Waals surface area contributed by atoms with Gasteiger partial charge in [-0.15, -0.1) is 10.2 Å². The Kier molecular flexibility index (Phi) is 7.56. The Balaban J connectivity index is 2.02. The van der Waals surface area contributed by atoms with Crippen LogP contribution in [-0.2, 0) is 30.4 Å². The molecule has 0 bridgehead atoms. The van der Waals surface area contributed by atoms with Crippen molar-refractivity contribution in [3.8, 4) is 5.75 Å². The molecule has 0 unspecified atom stereocenters. The van der Waals surface area contributed by atoms with Crippen LogP contribution in [0, 0.1) is 0 Å². The summed E-state index contributed by atoms with van der Waals surface area (Å²) in [5.74, 6) is -1.90. The summed E-state index contributed by atoms with van der Waals surface area (Å²) in [4.78, 5) is 10.3. The molecule has 15 nitrogen and oxygen atoms in total. The fourth-order valence-corrected chi connectivity index (χ4v) is 5.56. The van der Waals surface area contributed by atoms with Gasteiger partial charge in [-0.05, 0) is 53.9 Å². The molecule has 0 saturated heterocycles. The second-order valence-corrected chi connectivity index (χ2v) is 12.5. The van der Waals surface area contributed by atoms with Crippen molar-refractivity contribution in [1.29, 1.82) is 0 Å². The van der Waals surface area contributed by atoms with Crippen molar-refractivity contribution in [2.24, 2.45) is 10.2 Å². The largest absolute Gasteiger partial charge is 0.505 e. The molecule has 0 heterocycles. The first-order valence-corrected chi connectivity index (χ1v) is 15.2. The highest BCUT2D eigenvalue weighted by Crippen LogP contribution is 2.45. The Hall–Kier alpha value is -4.46. The first-order chi connectivity index (χ1) is 19.0. The van der Waals surface area contributed by atoms with Crippen LogP contribution >= 0.6 is 0 Å². The fraction of sp³-hybridized carbons (Fsp3) is 0. The number of rotatable bonds is 7. The number of phenols is 1. The highest BCUT2D eigenvalue weighted by atomic mass is 32.2. The lowest BCUT2D eigenvalue weighted by molar-refractivity contribution is 0.102. The van der Waals surface area contributed by atoms with Gasteiger partial charge in [0.15, 0.2) is 5.75 Å². The number of amides is 1. The third-order valence-corrected chi connectivity index (χ3v) is 8.10. The fourth-order valence-electron chi connectivity index (χ4n) is 3.74. The molecule has 0 saturated carbocycles. The average molecular weight is 623 g/mol. The number of nitrogens with two attached hydrogens (primary N) is 1. The number of nitrogens with zero attached hydrogens (tertiary/aromatic N) is 2. The van der Waals surface area contributed by atoms with Gasteiger partial charge in [-0.25, -0.2) is 0 Å². The number of anilines is 2. The van der Waals surface area contributed by atoms with Gasteiger partial charge in [-0.3, -0.25) is 18.5 Å². The highest BCUT2D eigenvalue weighted by molar-refractivity contribution is 7.86. The monoisotopic (exact) mass is 622 g/mol. The molecule has 1 amide bonds. The van der Waals surface area contributed by atoms with Gasteiger partial charge in [0.05, 0.1) is 10.6 Å². The first-order valence-electron chi connectivity index (χ1n) is 10.9. The number of benzene rings is 4. The van der Waals surface area contributed by atoms with E-state index < -0.39 is 84.5 Å². The number of carbonyl (C=O) groups is 1. The number of hydrogen-bond acceptors (Lipinski definition) is 11. The first kappa shape index (κ1) is 29.5. The number of azo groups is 1. The molecule has 214 valence electrons. The second-order valence-electron chi connectivity index (χ2n) is 8.31. The smallest absolute Gasteiger partial charge is 0.296 e. The number of aromatic hydroxyl groups is 1. The number of nitrogens with one attached hydrogen (secondary N) is 1. The zero-order valence-electron chi connectivity index (χ0n) is 20.2. The Morgan fingerprint density at radius 2 is 1.41 bits per heavy atom. The van der Waals surface area contributed by atoms with E-state index in [0.29, 0.717) is 6.07 Å². The van der Waals surface area contributed by atoms with Crippen LogP contribution in [0.3, 0.4) is 0 Å².